The van der Waals surface area contributed by atoms with Gasteiger partial charge in [-0.25, -0.2) is 0 Å². The number of nitrogens with two attached hydrogens (primary N) is 1. The maximum atomic E-state index is 12.8. The van der Waals surface area contributed by atoms with E-state index < -0.39 is 18.6 Å². The van der Waals surface area contributed by atoms with E-state index in [9.17, 15) is 17.6 Å². The zero-order chi connectivity index (χ0) is 14.6. The molecule has 0 aliphatic rings. The van der Waals surface area contributed by atoms with Crippen LogP contribution in [0.2, 0.25) is 0 Å². The summed E-state index contributed by atoms with van der Waals surface area (Å²) in [6.07, 6.45) is -7.94. The molecule has 0 aliphatic heterocycles. The van der Waals surface area contributed by atoms with Crippen LogP contribution in [0.3, 0.4) is 0 Å². The van der Waals surface area contributed by atoms with Crippen molar-refractivity contribution in [2.75, 3.05) is 0 Å². The fraction of sp³-hybridized carbons (Fsp3) is 0.385. The van der Waals surface area contributed by atoms with Gasteiger partial charge in [0.05, 0.1) is 0 Å². The van der Waals surface area contributed by atoms with Gasteiger partial charge in [0.1, 0.15) is 5.75 Å². The lowest BCUT2D eigenvalue weighted by atomic mass is 10.0. The van der Waals surface area contributed by atoms with Crippen LogP contribution in [-0.4, -0.2) is 12.5 Å². The number of halogens is 5. The van der Waals surface area contributed by atoms with Gasteiger partial charge in [-0.05, 0) is 31.0 Å². The Morgan fingerprint density at radius 2 is 2.00 bits per heavy atom. The minimum absolute atomic E-state index is 0. The van der Waals surface area contributed by atoms with E-state index in [1.54, 1.807) is 13.0 Å². The van der Waals surface area contributed by atoms with Gasteiger partial charge in [-0.15, -0.1) is 19.0 Å². The summed E-state index contributed by atoms with van der Waals surface area (Å²) in [6, 6.07) is 4.99. The summed E-state index contributed by atoms with van der Waals surface area (Å²) in [6.45, 7) is 5.48. The van der Waals surface area contributed by atoms with Crippen molar-refractivity contribution in [2.45, 2.75) is 31.9 Å². The first-order chi connectivity index (χ1) is 8.72. The van der Waals surface area contributed by atoms with Gasteiger partial charge in [-0.1, -0.05) is 17.7 Å². The molecule has 0 saturated carbocycles. The van der Waals surface area contributed by atoms with Crippen molar-refractivity contribution in [1.29, 1.82) is 0 Å². The first kappa shape index (κ1) is 18.7. The molecule has 0 radical (unpaired) electrons. The van der Waals surface area contributed by atoms with Gasteiger partial charge in [0.25, 0.3) is 0 Å². The molecule has 0 aromatic heterocycles. The third-order valence-electron chi connectivity index (χ3n) is 2.36. The largest absolute Gasteiger partial charge is 0.461 e. The van der Waals surface area contributed by atoms with Crippen LogP contribution in [0.1, 0.15) is 24.9 Å². The van der Waals surface area contributed by atoms with Crippen molar-refractivity contribution in [2.24, 2.45) is 5.73 Å². The van der Waals surface area contributed by atoms with E-state index in [1.807, 2.05) is 0 Å². The summed E-state index contributed by atoms with van der Waals surface area (Å²) in [4.78, 5) is 0. The lowest BCUT2D eigenvalue weighted by Gasteiger charge is -2.18. The minimum atomic E-state index is -4.52. The molecule has 1 aromatic rings. The second kappa shape index (κ2) is 7.50. The Labute approximate surface area is 121 Å². The number of hydrogen-bond acceptors (Lipinski definition) is 2. The summed E-state index contributed by atoms with van der Waals surface area (Å²) in [5.41, 5.74) is 7.19. The number of alkyl halides is 4. The molecule has 20 heavy (non-hydrogen) atoms. The summed E-state index contributed by atoms with van der Waals surface area (Å²) in [5, 5.41) is 0. The Bertz CT molecular complexity index is 454. The van der Waals surface area contributed by atoms with Gasteiger partial charge in [0, 0.05) is 6.04 Å². The summed E-state index contributed by atoms with van der Waals surface area (Å²) in [5.74, 6) is -0.347. The molecule has 114 valence electrons. The van der Waals surface area contributed by atoms with E-state index in [1.165, 1.54) is 18.2 Å². The predicted octanol–water partition coefficient (Wildman–Crippen LogP) is 4.31. The van der Waals surface area contributed by atoms with Crippen LogP contribution in [-0.2, 0) is 0 Å². The van der Waals surface area contributed by atoms with E-state index in [2.05, 4.69) is 11.3 Å². The Balaban J connectivity index is 0.00000361. The normalized spacial score (nSPS) is 12.8. The van der Waals surface area contributed by atoms with Crippen molar-refractivity contribution < 1.29 is 22.3 Å². The Morgan fingerprint density at radius 3 is 2.50 bits per heavy atom. The van der Waals surface area contributed by atoms with E-state index >= 15 is 0 Å². The molecule has 0 fully saturated rings. The summed E-state index contributed by atoms with van der Waals surface area (Å²) < 4.78 is 53.5. The Hall–Kier alpha value is -1.27. The fourth-order valence-electron chi connectivity index (χ4n) is 1.50. The zero-order valence-electron chi connectivity index (χ0n) is 10.8. The second-order valence-corrected chi connectivity index (χ2v) is 4.30. The predicted molar refractivity (Wildman–Crippen MR) is 71.6 cm³/mol. The molecule has 2 N–H and O–H groups in total. The molecule has 1 rings (SSSR count). The smallest absolute Gasteiger partial charge is 0.428 e. The molecule has 2 nitrogen and oxygen atoms in total. The van der Waals surface area contributed by atoms with Gasteiger partial charge < -0.3 is 10.5 Å². The first-order valence-corrected chi connectivity index (χ1v) is 5.57. The van der Waals surface area contributed by atoms with Crippen LogP contribution in [0, 0.1) is 0 Å². The molecular weight excluding hydrogens is 298 g/mol. The van der Waals surface area contributed by atoms with Gasteiger partial charge in [-0.3, -0.25) is 0 Å². The second-order valence-electron chi connectivity index (χ2n) is 4.30. The van der Waals surface area contributed by atoms with E-state index in [-0.39, 0.29) is 18.2 Å². The van der Waals surface area contributed by atoms with Crippen LogP contribution in [0.15, 0.2) is 36.4 Å². The van der Waals surface area contributed by atoms with Crippen LogP contribution in [0.25, 0.3) is 0 Å². The van der Waals surface area contributed by atoms with Crippen molar-refractivity contribution >= 4 is 12.4 Å². The number of rotatable bonds is 6. The molecule has 0 spiro atoms. The maximum absolute atomic E-state index is 12.8. The molecule has 7 heteroatoms. The Morgan fingerprint density at radius 1 is 1.40 bits per heavy atom. The third kappa shape index (κ3) is 5.38. The molecule has 0 aliphatic carbocycles. The molecular formula is C13H16ClF4NO. The highest BCUT2D eigenvalue weighted by Gasteiger charge is 2.43. The van der Waals surface area contributed by atoms with Gasteiger partial charge >= 0.3 is 12.5 Å². The van der Waals surface area contributed by atoms with Crippen LogP contribution in [0.4, 0.5) is 17.6 Å². The van der Waals surface area contributed by atoms with E-state index in [4.69, 9.17) is 5.73 Å². The Kier molecular flexibility index (Phi) is 7.02. The van der Waals surface area contributed by atoms with Crippen molar-refractivity contribution in [3.8, 4) is 5.75 Å². The zero-order valence-corrected chi connectivity index (χ0v) is 11.6. The highest BCUT2D eigenvalue weighted by atomic mass is 35.5. The quantitative estimate of drug-likeness (QED) is 0.627. The highest BCUT2D eigenvalue weighted by molar-refractivity contribution is 5.85. The van der Waals surface area contributed by atoms with Crippen molar-refractivity contribution in [3.05, 3.63) is 42.0 Å². The maximum Gasteiger partial charge on any atom is 0.461 e. The van der Waals surface area contributed by atoms with Crippen LogP contribution < -0.4 is 10.5 Å². The molecule has 0 amide bonds. The van der Waals surface area contributed by atoms with Crippen LogP contribution in [0.5, 0.6) is 5.75 Å². The van der Waals surface area contributed by atoms with Crippen LogP contribution >= 0.6 is 12.4 Å². The molecule has 1 atom stereocenters. The monoisotopic (exact) mass is 313 g/mol. The van der Waals surface area contributed by atoms with E-state index in [0.717, 1.165) is 5.57 Å². The lowest BCUT2D eigenvalue weighted by Crippen LogP contribution is -2.33. The van der Waals surface area contributed by atoms with E-state index in [0.29, 0.717) is 12.0 Å². The van der Waals surface area contributed by atoms with Crippen molar-refractivity contribution in [3.63, 3.8) is 0 Å². The molecule has 1 aromatic carbocycles. The standard InChI is InChI=1S/C13H15F4NO.ClH/c1-8(2)6-11(18)9-4-3-5-10(7-9)19-13(16,17)12(14)15;/h3-5,7,11-12H,1,6,18H2,2H3;1H/t11-;/m0./s1. The fourth-order valence-corrected chi connectivity index (χ4v) is 1.50. The molecule has 0 unspecified atom stereocenters. The number of ether oxygens (including phenoxy) is 1. The van der Waals surface area contributed by atoms with Gasteiger partial charge in [-0.2, -0.15) is 17.6 Å². The molecule has 0 heterocycles. The van der Waals surface area contributed by atoms with Gasteiger partial charge in [0.15, 0.2) is 0 Å². The molecule has 0 saturated heterocycles. The SMILES string of the molecule is C=C(C)C[C@H](N)c1cccc(OC(F)(F)C(F)F)c1.Cl. The average molecular weight is 314 g/mol. The van der Waals surface area contributed by atoms with Gasteiger partial charge in [0.2, 0.25) is 0 Å². The van der Waals surface area contributed by atoms with Crippen molar-refractivity contribution in [1.82, 2.24) is 0 Å². The number of hydrogen-bond donors (Lipinski definition) is 1. The highest BCUT2D eigenvalue weighted by Crippen LogP contribution is 2.29. The minimum Gasteiger partial charge on any atom is -0.428 e. The lowest BCUT2D eigenvalue weighted by molar-refractivity contribution is -0.253. The summed E-state index contributed by atoms with van der Waals surface area (Å²) >= 11 is 0. The summed E-state index contributed by atoms with van der Waals surface area (Å²) in [7, 11) is 0. The first-order valence-electron chi connectivity index (χ1n) is 5.57. The number of benzene rings is 1. The molecule has 0 bridgehead atoms. The topological polar surface area (TPSA) is 35.2 Å². The average Bonchev–Trinajstić information content (AvgIpc) is 2.27. The third-order valence-corrected chi connectivity index (χ3v) is 2.36.